The Morgan fingerprint density at radius 2 is 2.04 bits per heavy atom. The van der Waals surface area contributed by atoms with Gasteiger partial charge in [-0.3, -0.25) is 0 Å². The lowest BCUT2D eigenvalue weighted by molar-refractivity contribution is -0.148. The van der Waals surface area contributed by atoms with Gasteiger partial charge in [-0.25, -0.2) is 9.59 Å². The molecule has 7 nitrogen and oxygen atoms in total. The molecule has 0 radical (unpaired) electrons. The largest absolute Gasteiger partial charge is 0.462 e. The molecule has 0 aromatic heterocycles. The summed E-state index contributed by atoms with van der Waals surface area (Å²) in [5, 5.41) is 2.40. The molecule has 0 spiro atoms. The lowest BCUT2D eigenvalue weighted by atomic mass is 9.86. The van der Waals surface area contributed by atoms with Crippen molar-refractivity contribution in [2.75, 3.05) is 13.7 Å². The summed E-state index contributed by atoms with van der Waals surface area (Å²) in [4.78, 5) is 23.8. The zero-order valence-corrected chi connectivity index (χ0v) is 16.2. The van der Waals surface area contributed by atoms with Crippen molar-refractivity contribution in [3.63, 3.8) is 0 Å². The number of esters is 1. The van der Waals surface area contributed by atoms with Crippen molar-refractivity contribution in [1.29, 1.82) is 0 Å². The smallest absolute Gasteiger partial charge is 0.409 e. The summed E-state index contributed by atoms with van der Waals surface area (Å²) in [5.74, 6) is -0.526. The molecule has 3 rings (SSSR count). The zero-order valence-electron chi connectivity index (χ0n) is 16.2. The van der Waals surface area contributed by atoms with Gasteiger partial charge in [-0.15, -0.1) is 0 Å². The molecule has 0 aromatic rings. The van der Waals surface area contributed by atoms with Crippen LogP contribution in [-0.2, 0) is 23.7 Å². The molecule has 1 aliphatic carbocycles. The fourth-order valence-corrected chi connectivity index (χ4v) is 3.57. The highest BCUT2D eigenvalue weighted by atomic mass is 16.7. The lowest BCUT2D eigenvalue weighted by Crippen LogP contribution is -2.41. The summed E-state index contributed by atoms with van der Waals surface area (Å²) in [6.45, 7) is 6.57. The van der Waals surface area contributed by atoms with Gasteiger partial charge in [-0.05, 0) is 12.8 Å². The molecule has 26 heavy (non-hydrogen) atoms. The predicted octanol–water partition coefficient (Wildman–Crippen LogP) is 3.14. The molecular weight excluding hydrogens is 338 g/mol. The van der Waals surface area contributed by atoms with Crippen LogP contribution in [0.1, 0.15) is 52.9 Å². The number of hydrogen-bond acceptors (Lipinski definition) is 6. The number of nitrogens with one attached hydrogen (secondary N) is 1. The van der Waals surface area contributed by atoms with Crippen LogP contribution in [0.4, 0.5) is 4.79 Å². The van der Waals surface area contributed by atoms with Crippen LogP contribution < -0.4 is 5.32 Å². The molecule has 1 N–H and O–H groups in total. The van der Waals surface area contributed by atoms with E-state index in [-0.39, 0.29) is 30.0 Å². The molecule has 0 aromatic carbocycles. The Kier molecular flexibility index (Phi) is 7.75. The fraction of sp³-hybridized carbons (Fsp3) is 0.789. The Bertz CT molecular complexity index is 520. The van der Waals surface area contributed by atoms with E-state index in [1.807, 2.05) is 13.8 Å². The van der Waals surface area contributed by atoms with Crippen molar-refractivity contribution in [2.45, 2.75) is 71.4 Å². The summed E-state index contributed by atoms with van der Waals surface area (Å²) in [6.07, 6.45) is 5.19. The number of epoxide rings is 1. The maximum Gasteiger partial charge on any atom is 0.409 e. The van der Waals surface area contributed by atoms with Gasteiger partial charge in [0.15, 0.2) is 0 Å². The van der Waals surface area contributed by atoms with E-state index in [1.54, 1.807) is 0 Å². The van der Waals surface area contributed by atoms with Gasteiger partial charge in [0.25, 0.3) is 6.29 Å². The zero-order chi connectivity index (χ0) is 19.1. The normalized spacial score (nSPS) is 30.5. The first-order valence-corrected chi connectivity index (χ1v) is 9.72. The van der Waals surface area contributed by atoms with Crippen LogP contribution in [-0.4, -0.2) is 44.2 Å². The Morgan fingerprint density at radius 3 is 2.73 bits per heavy atom. The number of amides is 1. The SMILES string of the molecule is CC.CCCCCCOC(=O)C1=CO[C@@H](OC(=O)NC)[C@@H]2[C@H]3O[C@H]3C[C@H]12. The first-order valence-electron chi connectivity index (χ1n) is 9.72. The molecule has 1 saturated carbocycles. The first-order chi connectivity index (χ1) is 12.7. The van der Waals surface area contributed by atoms with Crippen molar-refractivity contribution >= 4 is 12.1 Å². The van der Waals surface area contributed by atoms with E-state index in [9.17, 15) is 9.59 Å². The quantitative estimate of drug-likeness (QED) is 0.421. The number of fused-ring (bicyclic) bond motifs is 3. The van der Waals surface area contributed by atoms with E-state index in [1.165, 1.54) is 13.3 Å². The van der Waals surface area contributed by atoms with Gasteiger partial charge < -0.3 is 24.3 Å². The fourth-order valence-electron chi connectivity index (χ4n) is 3.57. The third kappa shape index (κ3) is 4.69. The number of rotatable bonds is 7. The minimum atomic E-state index is -0.728. The van der Waals surface area contributed by atoms with E-state index in [0.29, 0.717) is 12.2 Å². The lowest BCUT2D eigenvalue weighted by Gasteiger charge is -2.33. The van der Waals surface area contributed by atoms with Gasteiger partial charge in [0.2, 0.25) is 0 Å². The summed E-state index contributed by atoms with van der Waals surface area (Å²) < 4.78 is 21.7. The molecule has 1 saturated heterocycles. The average molecular weight is 369 g/mol. The maximum atomic E-state index is 12.3. The van der Waals surface area contributed by atoms with Crippen LogP contribution in [0.15, 0.2) is 11.8 Å². The van der Waals surface area contributed by atoms with Crippen LogP contribution in [0.5, 0.6) is 0 Å². The molecule has 2 heterocycles. The van der Waals surface area contributed by atoms with Crippen LogP contribution in [0.3, 0.4) is 0 Å². The van der Waals surface area contributed by atoms with Crippen LogP contribution in [0, 0.1) is 11.8 Å². The molecule has 5 atom stereocenters. The van der Waals surface area contributed by atoms with Crippen molar-refractivity contribution in [2.24, 2.45) is 11.8 Å². The number of hydrogen-bond donors (Lipinski definition) is 1. The van der Waals surface area contributed by atoms with Gasteiger partial charge in [-0.2, -0.15) is 0 Å². The third-order valence-corrected chi connectivity index (χ3v) is 4.89. The monoisotopic (exact) mass is 369 g/mol. The number of carbonyl (C=O) groups is 2. The van der Waals surface area contributed by atoms with E-state index < -0.39 is 12.4 Å². The second-order valence-electron chi connectivity index (χ2n) is 6.49. The molecule has 1 amide bonds. The van der Waals surface area contributed by atoms with Crippen molar-refractivity contribution < 1.29 is 28.5 Å². The average Bonchev–Trinajstić information content (AvgIpc) is 3.33. The highest BCUT2D eigenvalue weighted by Gasteiger charge is 2.62. The second-order valence-corrected chi connectivity index (χ2v) is 6.49. The van der Waals surface area contributed by atoms with Gasteiger partial charge in [-0.1, -0.05) is 40.0 Å². The topological polar surface area (TPSA) is 86.4 Å². The Balaban J connectivity index is 0.00000117. The Morgan fingerprint density at radius 1 is 1.27 bits per heavy atom. The van der Waals surface area contributed by atoms with Gasteiger partial charge >= 0.3 is 12.1 Å². The summed E-state index contributed by atoms with van der Waals surface area (Å²) in [7, 11) is 1.49. The predicted molar refractivity (Wildman–Crippen MR) is 95.2 cm³/mol. The van der Waals surface area contributed by atoms with E-state index >= 15 is 0 Å². The molecule has 0 unspecified atom stereocenters. The number of alkyl carbamates (subject to hydrolysis) is 1. The second kappa shape index (κ2) is 9.80. The molecule has 3 aliphatic rings. The van der Waals surface area contributed by atoms with E-state index in [0.717, 1.165) is 32.1 Å². The van der Waals surface area contributed by atoms with Gasteiger partial charge in [0.1, 0.15) is 0 Å². The molecule has 7 heteroatoms. The highest BCUT2D eigenvalue weighted by Crippen LogP contribution is 2.53. The number of carbonyl (C=O) groups excluding carboxylic acids is 2. The van der Waals surface area contributed by atoms with Crippen LogP contribution >= 0.6 is 0 Å². The highest BCUT2D eigenvalue weighted by molar-refractivity contribution is 5.89. The van der Waals surface area contributed by atoms with Gasteiger partial charge in [0, 0.05) is 13.0 Å². The summed E-state index contributed by atoms with van der Waals surface area (Å²) in [6, 6.07) is 0. The molecule has 0 bridgehead atoms. The third-order valence-electron chi connectivity index (χ3n) is 4.89. The number of unbranched alkanes of at least 4 members (excludes halogenated alkanes) is 3. The molecular formula is C19H31NO6. The van der Waals surface area contributed by atoms with E-state index in [4.69, 9.17) is 18.9 Å². The van der Waals surface area contributed by atoms with E-state index in [2.05, 4.69) is 12.2 Å². The minimum Gasteiger partial charge on any atom is -0.462 e. The molecule has 2 fully saturated rings. The van der Waals surface area contributed by atoms with Crippen molar-refractivity contribution in [1.82, 2.24) is 5.32 Å². The summed E-state index contributed by atoms with van der Waals surface area (Å²) in [5.41, 5.74) is 0.531. The van der Waals surface area contributed by atoms with Crippen LogP contribution in [0.25, 0.3) is 0 Å². The summed E-state index contributed by atoms with van der Waals surface area (Å²) >= 11 is 0. The first kappa shape index (κ1) is 20.6. The Labute approximate surface area is 155 Å². The van der Waals surface area contributed by atoms with Crippen molar-refractivity contribution in [3.8, 4) is 0 Å². The molecule has 148 valence electrons. The van der Waals surface area contributed by atoms with Crippen LogP contribution in [0.2, 0.25) is 0 Å². The Hall–Kier alpha value is -1.76. The van der Waals surface area contributed by atoms with Crippen molar-refractivity contribution in [3.05, 3.63) is 11.8 Å². The number of ether oxygens (including phenoxy) is 4. The van der Waals surface area contributed by atoms with Gasteiger partial charge in [0.05, 0.1) is 36.6 Å². The minimum absolute atomic E-state index is 0.00860. The molecule has 2 aliphatic heterocycles. The maximum absolute atomic E-state index is 12.3. The standard InChI is InChI=1S/C17H25NO6.C2H6/c1-3-4-5-6-7-21-15(19)11-9-22-16(24-17(20)18-2)13-10(11)8-12-14(13)23-12;1-2/h9-10,12-14,16H,3-8H2,1-2H3,(H,18,20);1-2H3/t10-,12+,13+,14+,16+;/m1./s1.